The number of hydrogen-bond donors (Lipinski definition) is 1. The number of carboxylic acids is 1. The second kappa shape index (κ2) is 10.5. The summed E-state index contributed by atoms with van der Waals surface area (Å²) >= 11 is -1.81. The molecule has 1 heterocycles. The van der Waals surface area contributed by atoms with Crippen molar-refractivity contribution in [3.8, 4) is 0 Å². The second-order valence-electron chi connectivity index (χ2n) is 7.55. The van der Waals surface area contributed by atoms with Crippen molar-refractivity contribution in [2.24, 2.45) is 0 Å². The molecule has 3 aromatic carbocycles. The Balaban J connectivity index is 1.54. The monoisotopic (exact) mass is 526 g/mol. The number of hydrogen-bond acceptors (Lipinski definition) is 6. The molecule has 4 rings (SSSR count). The van der Waals surface area contributed by atoms with Gasteiger partial charge in [0.1, 0.15) is 9.21 Å². The summed E-state index contributed by atoms with van der Waals surface area (Å²) in [5.41, 5.74) is 2.25. The topological polar surface area (TPSA) is 115 Å². The molecule has 0 saturated heterocycles. The summed E-state index contributed by atoms with van der Waals surface area (Å²) in [5.74, 6) is -0.978. The predicted octanol–water partition coefficient (Wildman–Crippen LogP) is 5.00. The number of anilines is 2. The zero-order valence-corrected chi connectivity index (χ0v) is 20.7. The number of aryl methyl sites for hydroxylation is 2. The van der Waals surface area contributed by atoms with E-state index in [0.29, 0.717) is 18.5 Å². The maximum atomic E-state index is 12.9. The molecule has 0 aliphatic heterocycles. The Labute approximate surface area is 209 Å². The quantitative estimate of drug-likeness (QED) is 0.307. The van der Waals surface area contributed by atoms with Gasteiger partial charge in [-0.05, 0) is 66.4 Å². The molecule has 0 spiro atoms. The molecule has 10 heteroatoms. The molecule has 4 aromatic rings. The van der Waals surface area contributed by atoms with E-state index in [4.69, 9.17) is 0 Å². The predicted molar refractivity (Wildman–Crippen MR) is 135 cm³/mol. The van der Waals surface area contributed by atoms with Gasteiger partial charge in [0.2, 0.25) is 9.84 Å². The fraction of sp³-hybridized carbons (Fsp3) is 0.0800. The van der Waals surface area contributed by atoms with Gasteiger partial charge in [0.15, 0.2) is 0 Å². The molecule has 0 amide bonds. The van der Waals surface area contributed by atoms with Crippen molar-refractivity contribution < 1.29 is 27.1 Å². The summed E-state index contributed by atoms with van der Waals surface area (Å²) in [6.07, 6.45) is 1.09. The van der Waals surface area contributed by atoms with E-state index in [9.17, 15) is 27.1 Å². The van der Waals surface area contributed by atoms with E-state index >= 15 is 0 Å². The third-order valence-corrected chi connectivity index (χ3v) is 9.49. The van der Waals surface area contributed by atoms with Crippen LogP contribution in [-0.4, -0.2) is 28.3 Å². The van der Waals surface area contributed by atoms with Crippen LogP contribution in [0.3, 0.4) is 0 Å². The summed E-state index contributed by atoms with van der Waals surface area (Å²) in [7, 11) is -3.76. The van der Waals surface area contributed by atoms with E-state index < -0.39 is 27.1 Å². The van der Waals surface area contributed by atoms with E-state index in [0.717, 1.165) is 26.8 Å². The molecular formula is C25H20NO6S3-. The summed E-state index contributed by atoms with van der Waals surface area (Å²) < 4.78 is 50.9. The van der Waals surface area contributed by atoms with Gasteiger partial charge >= 0.3 is 5.97 Å². The zero-order valence-electron chi connectivity index (χ0n) is 18.2. The van der Waals surface area contributed by atoms with Crippen molar-refractivity contribution in [2.45, 2.75) is 21.9 Å². The highest BCUT2D eigenvalue weighted by molar-refractivity contribution is 7.93. The molecule has 1 N–H and O–H groups in total. The van der Waals surface area contributed by atoms with Crippen LogP contribution < -0.4 is 4.31 Å². The molecule has 0 saturated carbocycles. The minimum Gasteiger partial charge on any atom is -0.755 e. The third kappa shape index (κ3) is 5.51. The van der Waals surface area contributed by atoms with Crippen molar-refractivity contribution in [3.05, 3.63) is 108 Å². The van der Waals surface area contributed by atoms with Crippen LogP contribution >= 0.6 is 11.3 Å². The van der Waals surface area contributed by atoms with Crippen molar-refractivity contribution >= 4 is 49.1 Å². The van der Waals surface area contributed by atoms with Gasteiger partial charge in [0.25, 0.3) is 0 Å². The molecule has 0 radical (unpaired) electrons. The number of rotatable bonds is 9. The lowest BCUT2D eigenvalue weighted by atomic mass is 10.00. The Bertz CT molecular complexity index is 1460. The number of carboxylic acid groups (broad SMARTS) is 1. The highest BCUT2D eigenvalue weighted by Crippen LogP contribution is 2.37. The molecule has 1 aromatic heterocycles. The van der Waals surface area contributed by atoms with E-state index in [1.54, 1.807) is 66.7 Å². The van der Waals surface area contributed by atoms with Crippen molar-refractivity contribution in [2.75, 3.05) is 4.31 Å². The summed E-state index contributed by atoms with van der Waals surface area (Å²) in [6, 6.07) is 24.5. The SMILES string of the molecule is O=C(O)c1ccccc1CCc1ccc(N(c2ccc(S(=O)(=O)c3ccccc3)s2)S(=O)[O-])cc1. The summed E-state index contributed by atoms with van der Waals surface area (Å²) in [6.45, 7) is 0. The highest BCUT2D eigenvalue weighted by Gasteiger charge is 2.22. The molecular weight excluding hydrogens is 506 g/mol. The van der Waals surface area contributed by atoms with Crippen LogP contribution in [0.4, 0.5) is 10.7 Å². The highest BCUT2D eigenvalue weighted by atomic mass is 32.2. The van der Waals surface area contributed by atoms with Gasteiger partial charge in [-0.15, -0.1) is 11.3 Å². The number of sulfone groups is 1. The normalized spacial score (nSPS) is 12.3. The fourth-order valence-corrected chi connectivity index (χ4v) is 7.03. The summed E-state index contributed by atoms with van der Waals surface area (Å²) in [4.78, 5) is 11.5. The molecule has 180 valence electrons. The van der Waals surface area contributed by atoms with Crippen LogP contribution in [0.25, 0.3) is 0 Å². The third-order valence-electron chi connectivity index (χ3n) is 5.34. The molecule has 0 fully saturated rings. The van der Waals surface area contributed by atoms with E-state index in [2.05, 4.69) is 0 Å². The Morgan fingerprint density at radius 1 is 0.886 bits per heavy atom. The molecule has 35 heavy (non-hydrogen) atoms. The number of carbonyl (C=O) groups is 1. The molecule has 0 bridgehead atoms. The molecule has 1 atom stereocenters. The van der Waals surface area contributed by atoms with Gasteiger partial charge in [-0.1, -0.05) is 48.5 Å². The lowest BCUT2D eigenvalue weighted by Crippen LogP contribution is -2.18. The van der Waals surface area contributed by atoms with E-state index in [1.807, 2.05) is 0 Å². The van der Waals surface area contributed by atoms with Crippen LogP contribution in [0.2, 0.25) is 0 Å². The summed E-state index contributed by atoms with van der Waals surface area (Å²) in [5, 5.41) is 9.58. The number of thiophene rings is 1. The molecule has 0 aliphatic rings. The Kier molecular flexibility index (Phi) is 7.46. The van der Waals surface area contributed by atoms with Crippen LogP contribution in [0, 0.1) is 0 Å². The maximum absolute atomic E-state index is 12.9. The zero-order chi connectivity index (χ0) is 25.0. The lowest BCUT2D eigenvalue weighted by molar-refractivity contribution is 0.0695. The van der Waals surface area contributed by atoms with Crippen LogP contribution in [-0.2, 0) is 33.9 Å². The smallest absolute Gasteiger partial charge is 0.335 e. The Hall–Kier alpha value is -3.31. The minimum atomic E-state index is -3.76. The largest absolute Gasteiger partial charge is 0.755 e. The van der Waals surface area contributed by atoms with Gasteiger partial charge in [-0.25, -0.2) is 13.2 Å². The molecule has 0 aliphatic carbocycles. The first-order chi connectivity index (χ1) is 16.8. The average Bonchev–Trinajstić information content (AvgIpc) is 3.34. The van der Waals surface area contributed by atoms with Crippen LogP contribution in [0.15, 0.2) is 100 Å². The van der Waals surface area contributed by atoms with Gasteiger partial charge in [0, 0.05) is 0 Å². The lowest BCUT2D eigenvalue weighted by Gasteiger charge is -2.25. The second-order valence-corrected chi connectivity index (χ2v) is 11.6. The van der Waals surface area contributed by atoms with Gasteiger partial charge in [-0.2, -0.15) is 0 Å². The first-order valence-corrected chi connectivity index (χ1v) is 13.8. The first kappa shape index (κ1) is 24.8. The van der Waals surface area contributed by atoms with Crippen LogP contribution in [0.1, 0.15) is 21.5 Å². The number of aromatic carboxylic acids is 1. The number of benzene rings is 3. The average molecular weight is 527 g/mol. The van der Waals surface area contributed by atoms with Crippen molar-refractivity contribution in [3.63, 3.8) is 0 Å². The first-order valence-electron chi connectivity index (χ1n) is 10.5. The number of nitrogens with zero attached hydrogens (tertiary/aromatic N) is 1. The fourth-order valence-electron chi connectivity index (χ4n) is 3.59. The van der Waals surface area contributed by atoms with E-state index in [1.165, 1.54) is 24.3 Å². The van der Waals surface area contributed by atoms with Gasteiger partial charge < -0.3 is 9.66 Å². The van der Waals surface area contributed by atoms with Crippen LogP contribution in [0.5, 0.6) is 0 Å². The molecule has 1 unspecified atom stereocenters. The van der Waals surface area contributed by atoms with E-state index in [-0.39, 0.29) is 19.7 Å². The Morgan fingerprint density at radius 2 is 1.54 bits per heavy atom. The van der Waals surface area contributed by atoms with Crippen molar-refractivity contribution in [1.82, 2.24) is 0 Å². The van der Waals surface area contributed by atoms with Gasteiger partial charge in [0.05, 0.1) is 27.4 Å². The minimum absolute atomic E-state index is 0.0443. The molecule has 7 nitrogen and oxygen atoms in total. The standard InChI is InChI=1S/C25H21NO6S3/c27-25(28)22-9-5-4-6-19(22)13-10-18-11-14-20(15-12-18)26(34(29)30)23-16-17-24(33-23)35(31,32)21-7-2-1-3-8-21/h1-9,11-12,14-17H,10,13H2,(H,27,28)(H,29,30)/p-1. The Morgan fingerprint density at radius 3 is 2.20 bits per heavy atom. The maximum Gasteiger partial charge on any atom is 0.335 e. The van der Waals surface area contributed by atoms with Gasteiger partial charge in [-0.3, -0.25) is 8.51 Å². The van der Waals surface area contributed by atoms with Crippen molar-refractivity contribution in [1.29, 1.82) is 0 Å².